The van der Waals surface area contributed by atoms with Gasteiger partial charge in [0.25, 0.3) is 17.4 Å². The number of hydrogen-bond donors (Lipinski definition) is 1. The standard InChI is InChI=1S/C19H18N2O6/c1-2-3-10-20-16(14-5-4-11-27-14)15(18(23)19(20)24)17(22)12-6-8-13(9-7-12)21(25)26/h4-9,11,16,22H,2-3,10H2,1H3/b17-15-. The van der Waals surface area contributed by atoms with Gasteiger partial charge in [-0.25, -0.2) is 0 Å². The number of carbonyl (C=O) groups excluding carboxylic acids is 2. The van der Waals surface area contributed by atoms with Crippen molar-refractivity contribution >= 4 is 23.1 Å². The minimum Gasteiger partial charge on any atom is -0.507 e. The van der Waals surface area contributed by atoms with Crippen molar-refractivity contribution in [2.24, 2.45) is 0 Å². The number of Topliss-reactive ketones (excluding diaryl/α,β-unsaturated/α-hetero) is 1. The molecule has 8 nitrogen and oxygen atoms in total. The number of rotatable bonds is 6. The van der Waals surface area contributed by atoms with Crippen LogP contribution in [-0.2, 0) is 9.59 Å². The van der Waals surface area contributed by atoms with Crippen molar-refractivity contribution < 1.29 is 24.0 Å². The van der Waals surface area contributed by atoms with Crippen LogP contribution in [0.3, 0.4) is 0 Å². The van der Waals surface area contributed by atoms with Crippen molar-refractivity contribution in [1.82, 2.24) is 4.90 Å². The summed E-state index contributed by atoms with van der Waals surface area (Å²) in [7, 11) is 0. The molecule has 1 aliphatic rings. The summed E-state index contributed by atoms with van der Waals surface area (Å²) < 4.78 is 5.41. The van der Waals surface area contributed by atoms with Crippen molar-refractivity contribution in [3.63, 3.8) is 0 Å². The molecule has 27 heavy (non-hydrogen) atoms. The molecule has 0 bridgehead atoms. The average molecular weight is 370 g/mol. The Hall–Kier alpha value is -3.42. The van der Waals surface area contributed by atoms with Gasteiger partial charge >= 0.3 is 0 Å². The van der Waals surface area contributed by atoms with Gasteiger partial charge in [-0.1, -0.05) is 13.3 Å². The zero-order chi connectivity index (χ0) is 19.6. The molecule has 3 rings (SSSR count). The van der Waals surface area contributed by atoms with Crippen LogP contribution in [0.25, 0.3) is 5.76 Å². The SMILES string of the molecule is CCCCN1C(=O)C(=O)/C(=C(\O)c2ccc([N+](=O)[O-])cc2)C1c1ccco1. The van der Waals surface area contributed by atoms with Gasteiger partial charge in [0, 0.05) is 24.2 Å². The van der Waals surface area contributed by atoms with E-state index in [-0.39, 0.29) is 22.6 Å². The fourth-order valence-electron chi connectivity index (χ4n) is 3.08. The van der Waals surface area contributed by atoms with Crippen LogP contribution in [0.1, 0.15) is 37.1 Å². The lowest BCUT2D eigenvalue weighted by molar-refractivity contribution is -0.384. The second-order valence-corrected chi connectivity index (χ2v) is 6.17. The first-order chi connectivity index (χ1) is 13.0. The fraction of sp³-hybridized carbons (Fsp3) is 0.263. The summed E-state index contributed by atoms with van der Waals surface area (Å²) >= 11 is 0. The number of hydrogen-bond acceptors (Lipinski definition) is 6. The highest BCUT2D eigenvalue weighted by Gasteiger charge is 2.47. The van der Waals surface area contributed by atoms with Crippen LogP contribution in [0.15, 0.2) is 52.7 Å². The number of nitro benzene ring substituents is 1. The van der Waals surface area contributed by atoms with Crippen LogP contribution in [-0.4, -0.2) is 33.2 Å². The van der Waals surface area contributed by atoms with Gasteiger partial charge in [0.2, 0.25) is 0 Å². The molecule has 8 heteroatoms. The van der Waals surface area contributed by atoms with E-state index in [0.29, 0.717) is 18.7 Å². The van der Waals surface area contributed by atoms with Gasteiger partial charge in [0.05, 0.1) is 16.8 Å². The van der Waals surface area contributed by atoms with Gasteiger partial charge in [-0.3, -0.25) is 19.7 Å². The van der Waals surface area contributed by atoms with E-state index >= 15 is 0 Å². The van der Waals surface area contributed by atoms with E-state index in [4.69, 9.17) is 4.42 Å². The molecule has 0 saturated carbocycles. The van der Waals surface area contributed by atoms with Crippen molar-refractivity contribution in [2.45, 2.75) is 25.8 Å². The van der Waals surface area contributed by atoms with Crippen molar-refractivity contribution in [3.05, 3.63) is 69.7 Å². The number of likely N-dealkylation sites (tertiary alicyclic amines) is 1. The first-order valence-corrected chi connectivity index (χ1v) is 8.52. The van der Waals surface area contributed by atoms with E-state index in [2.05, 4.69) is 0 Å². The molecular formula is C19H18N2O6. The largest absolute Gasteiger partial charge is 0.507 e. The minimum atomic E-state index is -0.832. The van der Waals surface area contributed by atoms with Crippen LogP contribution in [0, 0.1) is 10.1 Å². The third kappa shape index (κ3) is 3.33. The highest BCUT2D eigenvalue weighted by Crippen LogP contribution is 2.39. The lowest BCUT2D eigenvalue weighted by Crippen LogP contribution is -2.30. The molecule has 0 aliphatic carbocycles. The highest BCUT2D eigenvalue weighted by molar-refractivity contribution is 6.46. The van der Waals surface area contributed by atoms with Crippen molar-refractivity contribution in [1.29, 1.82) is 0 Å². The minimum absolute atomic E-state index is 0.0834. The van der Waals surface area contributed by atoms with E-state index in [1.165, 1.54) is 35.4 Å². The predicted molar refractivity (Wildman–Crippen MR) is 95.7 cm³/mol. The molecule has 1 fully saturated rings. The zero-order valence-corrected chi connectivity index (χ0v) is 14.6. The van der Waals surface area contributed by atoms with Gasteiger partial charge in [-0.2, -0.15) is 0 Å². The summed E-state index contributed by atoms with van der Waals surface area (Å²) in [6.45, 7) is 2.32. The second kappa shape index (κ2) is 7.45. The molecular weight excluding hydrogens is 352 g/mol. The summed E-state index contributed by atoms with van der Waals surface area (Å²) in [6, 6.07) is 7.58. The average Bonchev–Trinajstić information content (AvgIpc) is 3.27. The van der Waals surface area contributed by atoms with Crippen LogP contribution < -0.4 is 0 Å². The summed E-state index contributed by atoms with van der Waals surface area (Å²) in [5, 5.41) is 21.5. The van der Waals surface area contributed by atoms with Crippen LogP contribution in [0.2, 0.25) is 0 Å². The number of carbonyl (C=O) groups is 2. The van der Waals surface area contributed by atoms with E-state index in [1.54, 1.807) is 12.1 Å². The van der Waals surface area contributed by atoms with E-state index < -0.39 is 22.7 Å². The number of aliphatic hydroxyl groups excluding tert-OH is 1. The molecule has 0 spiro atoms. The zero-order valence-electron chi connectivity index (χ0n) is 14.6. The summed E-state index contributed by atoms with van der Waals surface area (Å²) in [4.78, 5) is 36.8. The molecule has 1 unspecified atom stereocenters. The van der Waals surface area contributed by atoms with Crippen LogP contribution in [0.5, 0.6) is 0 Å². The van der Waals surface area contributed by atoms with Gasteiger partial charge in [0.1, 0.15) is 17.6 Å². The lowest BCUT2D eigenvalue weighted by atomic mass is 9.99. The maximum absolute atomic E-state index is 12.6. The second-order valence-electron chi connectivity index (χ2n) is 6.17. The van der Waals surface area contributed by atoms with Crippen molar-refractivity contribution in [2.75, 3.05) is 6.54 Å². The predicted octanol–water partition coefficient (Wildman–Crippen LogP) is 3.41. The number of non-ortho nitro benzene ring substituents is 1. The summed E-state index contributed by atoms with van der Waals surface area (Å²) in [5.41, 5.74) is -0.0110. The smallest absolute Gasteiger partial charge is 0.295 e. The Morgan fingerprint density at radius 1 is 1.26 bits per heavy atom. The topological polar surface area (TPSA) is 114 Å². The molecule has 140 valence electrons. The molecule has 1 aromatic carbocycles. The number of unbranched alkanes of at least 4 members (excludes halogenated alkanes) is 1. The molecule has 2 aromatic rings. The fourth-order valence-corrected chi connectivity index (χ4v) is 3.08. The lowest BCUT2D eigenvalue weighted by Gasteiger charge is -2.22. The summed E-state index contributed by atoms with van der Waals surface area (Å²) in [5.74, 6) is -1.52. The first kappa shape index (κ1) is 18.4. The molecule has 1 saturated heterocycles. The number of benzene rings is 1. The number of ketones is 1. The molecule has 2 heterocycles. The number of aliphatic hydroxyl groups is 1. The van der Waals surface area contributed by atoms with Gasteiger partial charge < -0.3 is 14.4 Å². The molecule has 1 aromatic heterocycles. The molecule has 1 atom stereocenters. The van der Waals surface area contributed by atoms with Gasteiger partial charge in [0.15, 0.2) is 0 Å². The Labute approximate surface area is 154 Å². The summed E-state index contributed by atoms with van der Waals surface area (Å²) in [6.07, 6.45) is 2.96. The molecule has 1 aliphatic heterocycles. The van der Waals surface area contributed by atoms with E-state index in [0.717, 1.165) is 6.42 Å². The van der Waals surface area contributed by atoms with Crippen molar-refractivity contribution in [3.8, 4) is 0 Å². The number of amides is 1. The monoisotopic (exact) mass is 370 g/mol. The normalized spacial score (nSPS) is 18.9. The van der Waals surface area contributed by atoms with Crippen LogP contribution >= 0.6 is 0 Å². The Kier molecular flexibility index (Phi) is 5.07. The Morgan fingerprint density at radius 3 is 2.52 bits per heavy atom. The first-order valence-electron chi connectivity index (χ1n) is 8.52. The van der Waals surface area contributed by atoms with Gasteiger partial charge in [-0.15, -0.1) is 0 Å². The third-order valence-electron chi connectivity index (χ3n) is 4.46. The molecule has 1 amide bonds. The number of nitro groups is 1. The maximum atomic E-state index is 12.6. The Balaban J connectivity index is 2.09. The van der Waals surface area contributed by atoms with Gasteiger partial charge in [-0.05, 0) is 30.7 Å². The number of furan rings is 1. The Bertz CT molecular complexity index is 899. The Morgan fingerprint density at radius 2 is 1.96 bits per heavy atom. The van der Waals surface area contributed by atoms with Crippen LogP contribution in [0.4, 0.5) is 5.69 Å². The molecule has 0 radical (unpaired) electrons. The highest BCUT2D eigenvalue weighted by atomic mass is 16.6. The van der Waals surface area contributed by atoms with E-state index in [9.17, 15) is 24.8 Å². The maximum Gasteiger partial charge on any atom is 0.295 e. The third-order valence-corrected chi connectivity index (χ3v) is 4.46. The quantitative estimate of drug-likeness (QED) is 0.274. The number of nitrogens with zero attached hydrogens (tertiary/aromatic N) is 2. The molecule has 1 N–H and O–H groups in total. The van der Waals surface area contributed by atoms with E-state index in [1.807, 2.05) is 6.92 Å².